The van der Waals surface area contributed by atoms with Crippen molar-refractivity contribution in [3.05, 3.63) is 48.3 Å². The van der Waals surface area contributed by atoms with Gasteiger partial charge in [0.15, 0.2) is 0 Å². The molecule has 0 amide bonds. The van der Waals surface area contributed by atoms with Crippen molar-refractivity contribution in [1.82, 2.24) is 14.4 Å². The van der Waals surface area contributed by atoms with Gasteiger partial charge in [-0.15, -0.1) is 0 Å². The average Bonchev–Trinajstić information content (AvgIpc) is 2.97. The number of benzene rings is 1. The Hall–Kier alpha value is -2.93. The summed E-state index contributed by atoms with van der Waals surface area (Å²) < 4.78 is 1.80. The van der Waals surface area contributed by atoms with E-state index in [1.165, 1.54) is 0 Å². The number of carboxylic acid groups (broad SMARTS) is 1. The van der Waals surface area contributed by atoms with Crippen LogP contribution in [0.2, 0.25) is 0 Å². The van der Waals surface area contributed by atoms with E-state index in [1.807, 2.05) is 24.5 Å². The van der Waals surface area contributed by atoms with E-state index in [1.54, 1.807) is 29.6 Å². The number of aromatic nitrogens is 3. The molecule has 118 valence electrons. The van der Waals surface area contributed by atoms with E-state index in [0.717, 1.165) is 11.4 Å². The first-order chi connectivity index (χ1) is 11.1. The second-order valence-corrected chi connectivity index (χ2v) is 5.14. The minimum absolute atomic E-state index is 0.332. The Labute approximate surface area is 132 Å². The number of hydrogen-bond donors (Lipinski definition) is 3. The molecule has 0 fully saturated rings. The van der Waals surface area contributed by atoms with Gasteiger partial charge in [-0.05, 0) is 17.7 Å². The zero-order valence-electron chi connectivity index (χ0n) is 12.5. The fourth-order valence-electron chi connectivity index (χ4n) is 2.34. The number of anilines is 1. The summed E-state index contributed by atoms with van der Waals surface area (Å²) in [5.41, 5.74) is 2.05. The van der Waals surface area contributed by atoms with E-state index in [4.69, 9.17) is 5.11 Å². The second kappa shape index (κ2) is 6.05. The number of imidazole rings is 1. The van der Waals surface area contributed by atoms with Crippen molar-refractivity contribution in [2.24, 2.45) is 0 Å². The predicted molar refractivity (Wildman–Crippen MR) is 85.2 cm³/mol. The molecule has 0 aliphatic heterocycles. The summed E-state index contributed by atoms with van der Waals surface area (Å²) in [5.74, 6) is 0.239. The van der Waals surface area contributed by atoms with E-state index < -0.39 is 12.1 Å². The maximum absolute atomic E-state index is 10.7. The lowest BCUT2D eigenvalue weighted by atomic mass is 10.0. The number of nitrogens with one attached hydrogen (secondary N) is 1. The van der Waals surface area contributed by atoms with Crippen LogP contribution in [0.4, 0.5) is 5.82 Å². The fraction of sp³-hybridized carbons (Fsp3) is 0.188. The third kappa shape index (κ3) is 3.14. The third-order valence-corrected chi connectivity index (χ3v) is 3.52. The summed E-state index contributed by atoms with van der Waals surface area (Å²) in [7, 11) is 1.79. The summed E-state index contributed by atoms with van der Waals surface area (Å²) in [6.07, 6.45) is 2.32. The van der Waals surface area contributed by atoms with Crippen LogP contribution in [-0.2, 0) is 4.79 Å². The van der Waals surface area contributed by atoms with E-state index in [0.29, 0.717) is 17.0 Å². The smallest absolute Gasteiger partial charge is 0.306 e. The molecule has 0 aliphatic rings. The van der Waals surface area contributed by atoms with Gasteiger partial charge in [-0.2, -0.15) is 4.98 Å². The van der Waals surface area contributed by atoms with E-state index in [-0.39, 0.29) is 6.42 Å². The van der Waals surface area contributed by atoms with Crippen LogP contribution in [0, 0.1) is 0 Å². The number of rotatable bonds is 5. The highest BCUT2D eigenvalue weighted by atomic mass is 16.4. The normalized spacial score (nSPS) is 12.3. The molecular weight excluding hydrogens is 296 g/mol. The minimum atomic E-state index is -1.04. The molecule has 0 saturated heterocycles. The van der Waals surface area contributed by atoms with Crippen LogP contribution in [0.5, 0.6) is 0 Å². The number of carbonyl (C=O) groups is 1. The Bertz CT molecular complexity index is 859. The highest BCUT2D eigenvalue weighted by Gasteiger charge is 2.14. The third-order valence-electron chi connectivity index (χ3n) is 3.52. The first-order valence-electron chi connectivity index (χ1n) is 7.10. The molecule has 3 aromatic rings. The zero-order valence-corrected chi connectivity index (χ0v) is 12.5. The van der Waals surface area contributed by atoms with Gasteiger partial charge in [0.05, 0.1) is 18.2 Å². The molecule has 1 unspecified atom stereocenters. The molecule has 0 aliphatic carbocycles. The molecule has 23 heavy (non-hydrogen) atoms. The van der Waals surface area contributed by atoms with Crippen LogP contribution < -0.4 is 5.32 Å². The largest absolute Gasteiger partial charge is 0.481 e. The van der Waals surface area contributed by atoms with Crippen LogP contribution in [0.15, 0.2) is 42.7 Å². The topological polar surface area (TPSA) is 99.8 Å². The van der Waals surface area contributed by atoms with Crippen molar-refractivity contribution in [3.8, 4) is 11.3 Å². The molecule has 1 aromatic carbocycles. The number of fused-ring (bicyclic) bond motifs is 1. The number of aliphatic hydroxyl groups excluding tert-OH is 1. The van der Waals surface area contributed by atoms with Crippen LogP contribution >= 0.6 is 0 Å². The molecule has 7 nitrogen and oxygen atoms in total. The summed E-state index contributed by atoms with van der Waals surface area (Å²) >= 11 is 0. The van der Waals surface area contributed by atoms with Crippen molar-refractivity contribution in [3.63, 3.8) is 0 Å². The molecular formula is C16H16N4O3. The first-order valence-corrected chi connectivity index (χ1v) is 7.10. The summed E-state index contributed by atoms with van der Waals surface area (Å²) in [4.78, 5) is 19.5. The lowest BCUT2D eigenvalue weighted by Crippen LogP contribution is -2.05. The van der Waals surface area contributed by atoms with Crippen LogP contribution in [-0.4, -0.2) is 37.6 Å². The molecule has 2 aromatic heterocycles. The number of aliphatic carboxylic acids is 1. The van der Waals surface area contributed by atoms with Gasteiger partial charge in [0, 0.05) is 25.0 Å². The van der Waals surface area contributed by atoms with Gasteiger partial charge in [-0.3, -0.25) is 9.20 Å². The molecule has 3 N–H and O–H groups in total. The van der Waals surface area contributed by atoms with Crippen LogP contribution in [0.3, 0.4) is 0 Å². The standard InChI is InChI=1S/C16H16N4O3/c1-17-14-5-6-20-9-12(18-16(20)19-14)10-3-2-4-11(7-10)13(21)8-15(22)23/h2-7,9,13,21H,8H2,1H3,(H,22,23)(H,17,18,19). The number of aliphatic hydroxyl groups is 1. The molecule has 2 heterocycles. The van der Waals surface area contributed by atoms with Crippen molar-refractivity contribution >= 4 is 17.6 Å². The lowest BCUT2D eigenvalue weighted by Gasteiger charge is -2.09. The molecule has 7 heteroatoms. The van der Waals surface area contributed by atoms with Gasteiger partial charge in [0.25, 0.3) is 0 Å². The highest BCUT2D eigenvalue weighted by Crippen LogP contribution is 2.24. The van der Waals surface area contributed by atoms with Gasteiger partial charge in [-0.25, -0.2) is 4.98 Å². The lowest BCUT2D eigenvalue weighted by molar-refractivity contribution is -0.139. The summed E-state index contributed by atoms with van der Waals surface area (Å²) in [6, 6.07) is 8.91. The monoisotopic (exact) mass is 312 g/mol. The van der Waals surface area contributed by atoms with Gasteiger partial charge in [0.1, 0.15) is 5.82 Å². The number of carboxylic acids is 1. The SMILES string of the molecule is CNc1ccn2cc(-c3cccc(C(O)CC(=O)O)c3)nc2n1. The quantitative estimate of drug-likeness (QED) is 0.666. The van der Waals surface area contributed by atoms with Gasteiger partial charge < -0.3 is 15.5 Å². The van der Waals surface area contributed by atoms with Gasteiger partial charge in [-0.1, -0.05) is 18.2 Å². The molecule has 3 rings (SSSR count). The van der Waals surface area contributed by atoms with Crippen molar-refractivity contribution in [2.75, 3.05) is 12.4 Å². The van der Waals surface area contributed by atoms with Crippen LogP contribution in [0.1, 0.15) is 18.1 Å². The Kier molecular flexibility index (Phi) is 3.94. The Balaban J connectivity index is 1.96. The Morgan fingerprint density at radius 3 is 2.91 bits per heavy atom. The first kappa shape index (κ1) is 15.0. The predicted octanol–water partition coefficient (Wildman–Crippen LogP) is 1.95. The highest BCUT2D eigenvalue weighted by molar-refractivity contribution is 5.68. The summed E-state index contributed by atoms with van der Waals surface area (Å²) in [5, 5.41) is 21.7. The van der Waals surface area contributed by atoms with E-state index >= 15 is 0 Å². The molecule has 0 radical (unpaired) electrons. The zero-order chi connectivity index (χ0) is 16.4. The van der Waals surface area contributed by atoms with Crippen LogP contribution in [0.25, 0.3) is 17.0 Å². The molecule has 1 atom stereocenters. The second-order valence-electron chi connectivity index (χ2n) is 5.14. The number of nitrogens with zero attached hydrogens (tertiary/aromatic N) is 3. The molecule has 0 spiro atoms. The summed E-state index contributed by atoms with van der Waals surface area (Å²) in [6.45, 7) is 0. The molecule has 0 saturated carbocycles. The fourth-order valence-corrected chi connectivity index (χ4v) is 2.34. The average molecular weight is 312 g/mol. The maximum atomic E-state index is 10.7. The minimum Gasteiger partial charge on any atom is -0.481 e. The van der Waals surface area contributed by atoms with Gasteiger partial charge >= 0.3 is 5.97 Å². The van der Waals surface area contributed by atoms with Crippen molar-refractivity contribution in [1.29, 1.82) is 0 Å². The van der Waals surface area contributed by atoms with Gasteiger partial charge in [0.2, 0.25) is 5.78 Å². The van der Waals surface area contributed by atoms with Crippen molar-refractivity contribution in [2.45, 2.75) is 12.5 Å². The van der Waals surface area contributed by atoms with E-state index in [9.17, 15) is 9.90 Å². The molecule has 0 bridgehead atoms. The Morgan fingerprint density at radius 2 is 2.17 bits per heavy atom. The Morgan fingerprint density at radius 1 is 1.35 bits per heavy atom. The maximum Gasteiger partial charge on any atom is 0.306 e. The van der Waals surface area contributed by atoms with E-state index in [2.05, 4.69) is 15.3 Å². The van der Waals surface area contributed by atoms with Crippen molar-refractivity contribution < 1.29 is 15.0 Å². The number of hydrogen-bond acceptors (Lipinski definition) is 5.